The lowest BCUT2D eigenvalue weighted by Crippen LogP contribution is -2.40. The number of halogens is 1. The summed E-state index contributed by atoms with van der Waals surface area (Å²) in [5.41, 5.74) is 0.821. The van der Waals surface area contributed by atoms with Crippen LogP contribution in [0.15, 0.2) is 24.3 Å². The lowest BCUT2D eigenvalue weighted by atomic mass is 9.93. The minimum atomic E-state index is -0.280. The van der Waals surface area contributed by atoms with Crippen molar-refractivity contribution in [1.82, 2.24) is 10.6 Å². The standard InChI is InChI=1S/C16H21ClN2O/c17-14-3-1-13(2-4-14)16(7-8-16)15(20)19-11-12-5-9-18-10-6-12/h1-4,12,18H,5-11H2,(H,19,20). The number of piperidine rings is 1. The molecule has 3 rings (SSSR count). The summed E-state index contributed by atoms with van der Waals surface area (Å²) in [5, 5.41) is 7.24. The number of benzene rings is 1. The number of hydrogen-bond donors (Lipinski definition) is 2. The maximum atomic E-state index is 12.5. The third kappa shape index (κ3) is 2.84. The monoisotopic (exact) mass is 292 g/mol. The maximum absolute atomic E-state index is 12.5. The Morgan fingerprint density at radius 1 is 1.25 bits per heavy atom. The van der Waals surface area contributed by atoms with Crippen molar-refractivity contribution in [2.45, 2.75) is 31.1 Å². The zero-order chi connectivity index (χ0) is 14.0. The summed E-state index contributed by atoms with van der Waals surface area (Å²) < 4.78 is 0. The predicted molar refractivity (Wildman–Crippen MR) is 81.0 cm³/mol. The van der Waals surface area contributed by atoms with Gasteiger partial charge in [-0.2, -0.15) is 0 Å². The van der Waals surface area contributed by atoms with Crippen LogP contribution in [0, 0.1) is 5.92 Å². The van der Waals surface area contributed by atoms with Gasteiger partial charge in [0.25, 0.3) is 0 Å². The highest BCUT2D eigenvalue weighted by Gasteiger charge is 2.51. The summed E-state index contributed by atoms with van der Waals surface area (Å²) >= 11 is 5.92. The molecule has 1 saturated carbocycles. The second kappa shape index (κ2) is 5.74. The molecule has 3 nitrogen and oxygen atoms in total. The van der Waals surface area contributed by atoms with E-state index >= 15 is 0 Å². The van der Waals surface area contributed by atoms with Crippen LogP contribution < -0.4 is 10.6 Å². The van der Waals surface area contributed by atoms with E-state index in [0.29, 0.717) is 5.92 Å². The van der Waals surface area contributed by atoms with Crippen LogP contribution in [-0.2, 0) is 10.2 Å². The lowest BCUT2D eigenvalue weighted by Gasteiger charge is -2.24. The van der Waals surface area contributed by atoms with E-state index < -0.39 is 0 Å². The van der Waals surface area contributed by atoms with Gasteiger partial charge in [-0.05, 0) is 62.4 Å². The molecular formula is C16H21ClN2O. The van der Waals surface area contributed by atoms with E-state index in [1.165, 1.54) is 0 Å². The van der Waals surface area contributed by atoms with Crippen LogP contribution in [0.2, 0.25) is 5.02 Å². The van der Waals surface area contributed by atoms with Crippen molar-refractivity contribution in [2.75, 3.05) is 19.6 Å². The smallest absolute Gasteiger partial charge is 0.230 e. The Balaban J connectivity index is 1.60. The van der Waals surface area contributed by atoms with Crippen molar-refractivity contribution < 1.29 is 4.79 Å². The quantitative estimate of drug-likeness (QED) is 0.895. The molecule has 108 valence electrons. The van der Waals surface area contributed by atoms with Crippen LogP contribution in [-0.4, -0.2) is 25.5 Å². The molecule has 0 radical (unpaired) electrons. The van der Waals surface area contributed by atoms with E-state index in [4.69, 9.17) is 11.6 Å². The highest BCUT2D eigenvalue weighted by atomic mass is 35.5. The van der Waals surface area contributed by atoms with Gasteiger partial charge in [-0.15, -0.1) is 0 Å². The van der Waals surface area contributed by atoms with Crippen molar-refractivity contribution in [3.05, 3.63) is 34.9 Å². The second-order valence-electron chi connectivity index (χ2n) is 5.99. The van der Waals surface area contributed by atoms with Crippen molar-refractivity contribution in [3.8, 4) is 0 Å². The highest BCUT2D eigenvalue weighted by molar-refractivity contribution is 6.30. The molecule has 4 heteroatoms. The van der Waals surface area contributed by atoms with Crippen LogP contribution in [0.5, 0.6) is 0 Å². The molecule has 0 unspecified atom stereocenters. The maximum Gasteiger partial charge on any atom is 0.230 e. The molecule has 0 spiro atoms. The molecule has 0 aromatic heterocycles. The van der Waals surface area contributed by atoms with Gasteiger partial charge in [0.1, 0.15) is 0 Å². The van der Waals surface area contributed by atoms with Crippen LogP contribution in [0.25, 0.3) is 0 Å². The Morgan fingerprint density at radius 2 is 1.90 bits per heavy atom. The molecule has 1 aliphatic heterocycles. The van der Waals surface area contributed by atoms with E-state index in [1.807, 2.05) is 24.3 Å². The first-order chi connectivity index (χ1) is 9.71. The van der Waals surface area contributed by atoms with Crippen LogP contribution in [0.4, 0.5) is 0 Å². The molecule has 2 fully saturated rings. The van der Waals surface area contributed by atoms with Gasteiger partial charge in [0.05, 0.1) is 5.41 Å². The van der Waals surface area contributed by atoms with Gasteiger partial charge in [-0.25, -0.2) is 0 Å². The van der Waals surface area contributed by atoms with E-state index in [2.05, 4.69) is 10.6 Å². The topological polar surface area (TPSA) is 41.1 Å². The molecule has 0 bridgehead atoms. The Hall–Kier alpha value is -1.06. The first-order valence-electron chi connectivity index (χ1n) is 7.46. The summed E-state index contributed by atoms with van der Waals surface area (Å²) in [6, 6.07) is 7.72. The minimum absolute atomic E-state index is 0.193. The number of carbonyl (C=O) groups is 1. The van der Waals surface area contributed by atoms with Gasteiger partial charge in [-0.3, -0.25) is 4.79 Å². The molecule has 1 aromatic carbocycles. The van der Waals surface area contributed by atoms with Crippen molar-refractivity contribution >= 4 is 17.5 Å². The first-order valence-corrected chi connectivity index (χ1v) is 7.83. The van der Waals surface area contributed by atoms with Gasteiger partial charge in [0, 0.05) is 11.6 Å². The number of carbonyl (C=O) groups excluding carboxylic acids is 1. The van der Waals surface area contributed by atoms with Gasteiger partial charge in [0.2, 0.25) is 5.91 Å². The van der Waals surface area contributed by atoms with Crippen LogP contribution >= 0.6 is 11.6 Å². The summed E-state index contributed by atoms with van der Waals surface area (Å²) in [5.74, 6) is 0.819. The molecule has 1 heterocycles. The fraction of sp³-hybridized carbons (Fsp3) is 0.562. The molecule has 1 aromatic rings. The molecule has 2 N–H and O–H groups in total. The van der Waals surface area contributed by atoms with Gasteiger partial charge in [-0.1, -0.05) is 23.7 Å². The fourth-order valence-electron chi connectivity index (χ4n) is 3.03. The summed E-state index contributed by atoms with van der Waals surface area (Å²) in [7, 11) is 0. The highest BCUT2D eigenvalue weighted by Crippen LogP contribution is 2.48. The SMILES string of the molecule is O=C(NCC1CCNCC1)C1(c2ccc(Cl)cc2)CC1. The number of rotatable bonds is 4. The molecule has 2 aliphatic rings. The molecule has 1 saturated heterocycles. The molecule has 0 atom stereocenters. The van der Waals surface area contributed by atoms with Gasteiger partial charge < -0.3 is 10.6 Å². The van der Waals surface area contributed by atoms with Gasteiger partial charge >= 0.3 is 0 Å². The molecule has 1 amide bonds. The van der Waals surface area contributed by atoms with Gasteiger partial charge in [0.15, 0.2) is 0 Å². The van der Waals surface area contributed by atoms with Crippen molar-refractivity contribution in [1.29, 1.82) is 0 Å². The predicted octanol–water partition coefficient (Wildman–Crippen LogP) is 2.49. The summed E-state index contributed by atoms with van der Waals surface area (Å²) in [6.45, 7) is 2.96. The Bertz CT molecular complexity index is 476. The minimum Gasteiger partial charge on any atom is -0.355 e. The van der Waals surface area contributed by atoms with Crippen molar-refractivity contribution in [2.24, 2.45) is 5.92 Å². The fourth-order valence-corrected chi connectivity index (χ4v) is 3.16. The number of nitrogens with one attached hydrogen (secondary N) is 2. The molecule has 20 heavy (non-hydrogen) atoms. The third-order valence-electron chi connectivity index (χ3n) is 4.59. The largest absolute Gasteiger partial charge is 0.355 e. The molecular weight excluding hydrogens is 272 g/mol. The van der Waals surface area contributed by atoms with Crippen LogP contribution in [0.1, 0.15) is 31.2 Å². The zero-order valence-electron chi connectivity index (χ0n) is 11.6. The van der Waals surface area contributed by atoms with E-state index in [9.17, 15) is 4.79 Å². The Morgan fingerprint density at radius 3 is 2.50 bits per heavy atom. The molecule has 1 aliphatic carbocycles. The Kier molecular flexibility index (Phi) is 3.99. The third-order valence-corrected chi connectivity index (χ3v) is 4.84. The average molecular weight is 293 g/mol. The Labute approximate surface area is 125 Å². The van der Waals surface area contributed by atoms with E-state index in [1.54, 1.807) is 0 Å². The second-order valence-corrected chi connectivity index (χ2v) is 6.43. The lowest BCUT2D eigenvalue weighted by molar-refractivity contribution is -0.123. The van der Waals surface area contributed by atoms with Crippen molar-refractivity contribution in [3.63, 3.8) is 0 Å². The van der Waals surface area contributed by atoms with Crippen LogP contribution in [0.3, 0.4) is 0 Å². The zero-order valence-corrected chi connectivity index (χ0v) is 12.4. The van der Waals surface area contributed by atoms with E-state index in [0.717, 1.165) is 55.9 Å². The first kappa shape index (κ1) is 13.9. The number of hydrogen-bond acceptors (Lipinski definition) is 2. The van der Waals surface area contributed by atoms with E-state index in [-0.39, 0.29) is 11.3 Å². The summed E-state index contributed by atoms with van der Waals surface area (Å²) in [6.07, 6.45) is 4.22. The average Bonchev–Trinajstić information content (AvgIpc) is 3.28. The summed E-state index contributed by atoms with van der Waals surface area (Å²) in [4.78, 5) is 12.5. The normalized spacial score (nSPS) is 21.4. The number of amides is 1.